The van der Waals surface area contributed by atoms with E-state index in [-0.39, 0.29) is 16.5 Å². The Balaban J connectivity index is 2.09. The Kier molecular flexibility index (Phi) is 5.67. The summed E-state index contributed by atoms with van der Waals surface area (Å²) in [7, 11) is 0. The van der Waals surface area contributed by atoms with Crippen LogP contribution in [0.25, 0.3) is 0 Å². The van der Waals surface area contributed by atoms with Crippen molar-refractivity contribution in [3.05, 3.63) is 28.3 Å². The quantitative estimate of drug-likeness (QED) is 0.846. The number of benzene rings is 1. The highest BCUT2D eigenvalue weighted by molar-refractivity contribution is 6.32. The third kappa shape index (κ3) is 3.93. The van der Waals surface area contributed by atoms with Crippen LogP contribution in [0, 0.1) is 5.92 Å². The monoisotopic (exact) mass is 390 g/mol. The van der Waals surface area contributed by atoms with Gasteiger partial charge in [0.25, 0.3) is 0 Å². The van der Waals surface area contributed by atoms with E-state index in [0.717, 1.165) is 18.9 Å². The van der Waals surface area contributed by atoms with E-state index in [4.69, 9.17) is 22.1 Å². The van der Waals surface area contributed by atoms with Crippen molar-refractivity contribution in [2.45, 2.75) is 37.8 Å². The molecule has 1 amide bonds. The largest absolute Gasteiger partial charge is 0.416 e. The number of alkyl halides is 3. The first-order valence-corrected chi connectivity index (χ1v) is 9.19. The zero-order valence-electron chi connectivity index (χ0n) is 14.3. The zero-order valence-corrected chi connectivity index (χ0v) is 15.1. The number of rotatable bonds is 4. The molecule has 144 valence electrons. The summed E-state index contributed by atoms with van der Waals surface area (Å²) in [5.41, 5.74) is 4.88. The minimum Gasteiger partial charge on any atom is -0.378 e. The van der Waals surface area contributed by atoms with Crippen LogP contribution in [0.4, 0.5) is 18.9 Å². The van der Waals surface area contributed by atoms with Crippen molar-refractivity contribution in [3.63, 3.8) is 0 Å². The van der Waals surface area contributed by atoms with Crippen LogP contribution in [0.2, 0.25) is 5.02 Å². The van der Waals surface area contributed by atoms with Gasteiger partial charge in [-0.05, 0) is 36.5 Å². The molecule has 0 radical (unpaired) electrons. The second-order valence-electron chi connectivity index (χ2n) is 6.91. The maximum absolute atomic E-state index is 13.8. The molecule has 1 heterocycles. The molecule has 1 aliphatic heterocycles. The van der Waals surface area contributed by atoms with Gasteiger partial charge in [-0.15, -0.1) is 0 Å². The molecule has 1 unspecified atom stereocenters. The Morgan fingerprint density at radius 2 is 1.85 bits per heavy atom. The summed E-state index contributed by atoms with van der Waals surface area (Å²) >= 11 is 6.31. The fourth-order valence-corrected chi connectivity index (χ4v) is 4.39. The molecule has 1 atom stereocenters. The second kappa shape index (κ2) is 7.64. The number of halogens is 4. The van der Waals surface area contributed by atoms with Crippen molar-refractivity contribution in [3.8, 4) is 0 Å². The number of amides is 1. The number of primary amides is 1. The van der Waals surface area contributed by atoms with Crippen LogP contribution >= 0.6 is 11.6 Å². The molecule has 1 aromatic carbocycles. The Bertz CT molecular complexity index is 669. The van der Waals surface area contributed by atoms with E-state index >= 15 is 0 Å². The minimum absolute atomic E-state index is 0.0444. The lowest BCUT2D eigenvalue weighted by atomic mass is 9.81. The van der Waals surface area contributed by atoms with Gasteiger partial charge in [0.2, 0.25) is 5.91 Å². The first-order chi connectivity index (χ1) is 12.3. The third-order valence-corrected chi connectivity index (χ3v) is 5.60. The van der Waals surface area contributed by atoms with Gasteiger partial charge in [0.15, 0.2) is 0 Å². The third-order valence-electron chi connectivity index (χ3n) is 5.28. The molecule has 2 N–H and O–H groups in total. The molecular weight excluding hydrogens is 369 g/mol. The number of carbonyl (C=O) groups excluding carboxylic acids is 1. The molecule has 2 aliphatic rings. The Labute approximate surface area is 155 Å². The van der Waals surface area contributed by atoms with E-state index in [1.54, 1.807) is 0 Å². The molecule has 2 fully saturated rings. The van der Waals surface area contributed by atoms with Crippen LogP contribution in [0.3, 0.4) is 0 Å². The van der Waals surface area contributed by atoms with Crippen molar-refractivity contribution in [1.82, 2.24) is 0 Å². The zero-order chi connectivity index (χ0) is 18.9. The summed E-state index contributed by atoms with van der Waals surface area (Å²) in [4.78, 5) is 13.9. The number of anilines is 1. The average Bonchev–Trinajstić information content (AvgIpc) is 3.10. The van der Waals surface area contributed by atoms with Gasteiger partial charge in [0.05, 0.1) is 24.7 Å². The maximum atomic E-state index is 13.8. The number of ether oxygens (including phenoxy) is 1. The van der Waals surface area contributed by atoms with Crippen molar-refractivity contribution in [2.75, 3.05) is 31.2 Å². The number of nitrogens with zero attached hydrogens (tertiary/aromatic N) is 1. The number of morpholine rings is 1. The summed E-state index contributed by atoms with van der Waals surface area (Å²) < 4.78 is 46.7. The Morgan fingerprint density at radius 1 is 1.23 bits per heavy atom. The molecule has 8 heteroatoms. The van der Waals surface area contributed by atoms with Crippen LogP contribution in [0.5, 0.6) is 0 Å². The summed E-state index contributed by atoms with van der Waals surface area (Å²) in [6, 6.07) is 2.61. The molecule has 3 rings (SSSR count). The second-order valence-corrected chi connectivity index (χ2v) is 7.32. The average molecular weight is 391 g/mol. The summed E-state index contributed by atoms with van der Waals surface area (Å²) in [5.74, 6) is -1.95. The first kappa shape index (κ1) is 19.3. The lowest BCUT2D eigenvalue weighted by Crippen LogP contribution is -2.36. The standard InChI is InChI=1S/C18H22ClF3N2O2/c19-14-10-12(24-5-7-26-8-6-24)9-13(18(20,21)22)16(14)15(17(23)25)11-3-1-2-4-11/h9-11,15H,1-8H2,(H2,23,25). The van der Waals surface area contributed by atoms with Crippen molar-refractivity contribution in [2.24, 2.45) is 11.7 Å². The lowest BCUT2D eigenvalue weighted by Gasteiger charge is -2.31. The van der Waals surface area contributed by atoms with Crippen molar-refractivity contribution in [1.29, 1.82) is 0 Å². The normalized spacial score (nSPS) is 20.4. The number of hydrogen-bond donors (Lipinski definition) is 1. The molecule has 0 bridgehead atoms. The molecule has 0 aromatic heterocycles. The van der Waals surface area contributed by atoms with E-state index in [9.17, 15) is 18.0 Å². The fraction of sp³-hybridized carbons (Fsp3) is 0.611. The lowest BCUT2D eigenvalue weighted by molar-refractivity contribution is -0.138. The Morgan fingerprint density at radius 3 is 2.38 bits per heavy atom. The van der Waals surface area contributed by atoms with Crippen molar-refractivity contribution >= 4 is 23.2 Å². The molecule has 26 heavy (non-hydrogen) atoms. The van der Waals surface area contributed by atoms with Gasteiger partial charge in [-0.25, -0.2) is 0 Å². The molecule has 1 aliphatic carbocycles. The molecule has 1 aromatic rings. The van der Waals surface area contributed by atoms with Gasteiger partial charge in [-0.1, -0.05) is 24.4 Å². The smallest absolute Gasteiger partial charge is 0.378 e. The van der Waals surface area contributed by atoms with Gasteiger partial charge < -0.3 is 15.4 Å². The van der Waals surface area contributed by atoms with Gasteiger partial charge in [0, 0.05) is 23.8 Å². The topological polar surface area (TPSA) is 55.6 Å². The Hall–Kier alpha value is -1.47. The number of carbonyl (C=O) groups is 1. The first-order valence-electron chi connectivity index (χ1n) is 8.81. The molecular formula is C18H22ClF3N2O2. The predicted molar refractivity (Wildman–Crippen MR) is 93.4 cm³/mol. The summed E-state index contributed by atoms with van der Waals surface area (Å²) in [6.07, 6.45) is -1.47. The van der Waals surface area contributed by atoms with Gasteiger partial charge >= 0.3 is 6.18 Å². The number of hydrogen-bond acceptors (Lipinski definition) is 3. The van der Waals surface area contributed by atoms with Gasteiger partial charge in [0.1, 0.15) is 0 Å². The molecule has 1 saturated heterocycles. The summed E-state index contributed by atoms with van der Waals surface area (Å²) in [5, 5.41) is -0.0444. The molecule has 4 nitrogen and oxygen atoms in total. The van der Waals surface area contributed by atoms with E-state index in [0.29, 0.717) is 44.8 Å². The van der Waals surface area contributed by atoms with Crippen LogP contribution in [-0.4, -0.2) is 32.2 Å². The van der Waals surface area contributed by atoms with E-state index < -0.39 is 23.6 Å². The minimum atomic E-state index is -4.62. The van der Waals surface area contributed by atoms with E-state index in [1.165, 1.54) is 6.07 Å². The maximum Gasteiger partial charge on any atom is 0.416 e. The van der Waals surface area contributed by atoms with E-state index in [2.05, 4.69) is 0 Å². The highest BCUT2D eigenvalue weighted by atomic mass is 35.5. The van der Waals surface area contributed by atoms with Gasteiger partial charge in [-0.2, -0.15) is 13.2 Å². The highest BCUT2D eigenvalue weighted by Crippen LogP contribution is 2.46. The highest BCUT2D eigenvalue weighted by Gasteiger charge is 2.41. The van der Waals surface area contributed by atoms with E-state index in [1.807, 2.05) is 4.90 Å². The molecule has 1 saturated carbocycles. The van der Waals surface area contributed by atoms with Crippen LogP contribution in [0.1, 0.15) is 42.7 Å². The predicted octanol–water partition coefficient (Wildman–Crippen LogP) is 3.95. The van der Waals surface area contributed by atoms with Gasteiger partial charge in [-0.3, -0.25) is 4.79 Å². The summed E-state index contributed by atoms with van der Waals surface area (Å²) in [6.45, 7) is 1.89. The van der Waals surface area contributed by atoms with Crippen LogP contribution < -0.4 is 10.6 Å². The number of nitrogens with two attached hydrogens (primary N) is 1. The SMILES string of the molecule is NC(=O)C(c1c(Cl)cc(N2CCOCC2)cc1C(F)(F)F)C1CCCC1. The fourth-order valence-electron chi connectivity index (χ4n) is 4.06. The van der Waals surface area contributed by atoms with Crippen molar-refractivity contribution < 1.29 is 22.7 Å². The van der Waals surface area contributed by atoms with Crippen LogP contribution in [0.15, 0.2) is 12.1 Å². The molecule has 0 spiro atoms. The van der Waals surface area contributed by atoms with Crippen LogP contribution in [-0.2, 0) is 15.7 Å².